The Morgan fingerprint density at radius 1 is 0.714 bits per heavy atom. The van der Waals surface area contributed by atoms with E-state index in [1.807, 2.05) is 12.1 Å². The summed E-state index contributed by atoms with van der Waals surface area (Å²) in [5, 5.41) is 0. The third kappa shape index (κ3) is 3.33. The van der Waals surface area contributed by atoms with E-state index in [9.17, 15) is 0 Å². The summed E-state index contributed by atoms with van der Waals surface area (Å²) in [4.78, 5) is 4.65. The molecule has 4 rings (SSSR count). The van der Waals surface area contributed by atoms with E-state index in [4.69, 9.17) is 9.47 Å². The highest BCUT2D eigenvalue weighted by Crippen LogP contribution is 2.53. The molecule has 0 bridgehead atoms. The number of ether oxygens (including phenoxy) is 2. The molecule has 0 saturated carbocycles. The molecule has 0 fully saturated rings. The fourth-order valence-corrected chi connectivity index (χ4v) is 4.53. The van der Waals surface area contributed by atoms with Gasteiger partial charge in [-0.2, -0.15) is 0 Å². The molecular formula is C24H25NO2S. The molecule has 3 aromatic carbocycles. The fraction of sp³-hybridized carbons (Fsp3) is 0.250. The topological polar surface area (TPSA) is 21.7 Å². The number of methoxy groups -OCH3 is 2. The molecule has 1 aliphatic heterocycles. The molecular weight excluding hydrogens is 366 g/mol. The van der Waals surface area contributed by atoms with E-state index in [0.717, 1.165) is 28.6 Å². The van der Waals surface area contributed by atoms with Crippen LogP contribution >= 0.6 is 11.8 Å². The van der Waals surface area contributed by atoms with E-state index in [1.165, 1.54) is 15.4 Å². The molecule has 0 amide bonds. The number of benzene rings is 3. The Morgan fingerprint density at radius 3 is 1.64 bits per heavy atom. The lowest BCUT2D eigenvalue weighted by Crippen LogP contribution is -2.16. The van der Waals surface area contributed by atoms with Gasteiger partial charge in [0.25, 0.3) is 0 Å². The van der Waals surface area contributed by atoms with Crippen LogP contribution in [0.4, 0.5) is 17.1 Å². The summed E-state index contributed by atoms with van der Waals surface area (Å²) in [6.45, 7) is 6.72. The van der Waals surface area contributed by atoms with Gasteiger partial charge in [-0.1, -0.05) is 44.7 Å². The minimum Gasteiger partial charge on any atom is -0.497 e. The van der Waals surface area contributed by atoms with Crippen molar-refractivity contribution in [2.75, 3.05) is 19.1 Å². The highest BCUT2D eigenvalue weighted by molar-refractivity contribution is 7.99. The van der Waals surface area contributed by atoms with Gasteiger partial charge in [0, 0.05) is 15.5 Å². The van der Waals surface area contributed by atoms with E-state index in [1.54, 1.807) is 26.0 Å². The standard InChI is InChI=1S/C24H25NO2S/c1-24(2,3)16-6-8-17(9-7-16)25-20-12-10-18(26-4)14-22(20)28-23-15-19(27-5)11-13-21(23)25/h6-15H,1-5H3. The molecule has 0 N–H and O–H groups in total. The number of anilines is 3. The second-order valence-corrected chi connectivity index (χ2v) is 8.99. The second kappa shape index (κ2) is 7.10. The predicted molar refractivity (Wildman–Crippen MR) is 117 cm³/mol. The SMILES string of the molecule is COc1ccc2c(c1)Sc1cc(OC)ccc1N2c1ccc(C(C)(C)C)cc1. The smallest absolute Gasteiger partial charge is 0.120 e. The summed E-state index contributed by atoms with van der Waals surface area (Å²) in [7, 11) is 3.41. The highest BCUT2D eigenvalue weighted by atomic mass is 32.2. The average Bonchev–Trinajstić information content (AvgIpc) is 2.70. The molecule has 0 saturated heterocycles. The molecule has 1 heterocycles. The predicted octanol–water partition coefficient (Wildman–Crippen LogP) is 6.94. The van der Waals surface area contributed by atoms with Gasteiger partial charge in [-0.25, -0.2) is 0 Å². The van der Waals surface area contributed by atoms with Gasteiger partial charge in [-0.05, 0) is 59.5 Å². The van der Waals surface area contributed by atoms with Gasteiger partial charge >= 0.3 is 0 Å². The third-order valence-electron chi connectivity index (χ3n) is 5.03. The largest absolute Gasteiger partial charge is 0.497 e. The van der Waals surface area contributed by atoms with Crippen LogP contribution in [0, 0.1) is 0 Å². The first-order valence-electron chi connectivity index (χ1n) is 9.35. The zero-order valence-corrected chi connectivity index (χ0v) is 17.8. The van der Waals surface area contributed by atoms with Crippen molar-refractivity contribution in [2.45, 2.75) is 36.0 Å². The number of nitrogens with zero attached hydrogens (tertiary/aromatic N) is 1. The van der Waals surface area contributed by atoms with Crippen molar-refractivity contribution in [1.82, 2.24) is 0 Å². The van der Waals surface area contributed by atoms with E-state index in [0.29, 0.717) is 0 Å². The Labute approximate surface area is 171 Å². The summed E-state index contributed by atoms with van der Waals surface area (Å²) < 4.78 is 10.9. The molecule has 1 aliphatic rings. The summed E-state index contributed by atoms with van der Waals surface area (Å²) in [5.41, 5.74) is 4.92. The molecule has 0 spiro atoms. The molecule has 0 radical (unpaired) electrons. The number of hydrogen-bond donors (Lipinski definition) is 0. The summed E-state index contributed by atoms with van der Waals surface area (Å²) >= 11 is 1.75. The minimum atomic E-state index is 0.132. The quantitative estimate of drug-likeness (QED) is 0.377. The van der Waals surface area contributed by atoms with Crippen molar-refractivity contribution >= 4 is 28.8 Å². The molecule has 3 nitrogen and oxygen atoms in total. The summed E-state index contributed by atoms with van der Waals surface area (Å²) in [6.07, 6.45) is 0. The van der Waals surface area contributed by atoms with Gasteiger partial charge in [0.1, 0.15) is 11.5 Å². The van der Waals surface area contributed by atoms with Gasteiger partial charge in [-0.15, -0.1) is 0 Å². The van der Waals surface area contributed by atoms with Gasteiger partial charge in [-0.3, -0.25) is 0 Å². The average molecular weight is 392 g/mol. The summed E-state index contributed by atoms with van der Waals surface area (Å²) in [6, 6.07) is 21.4. The third-order valence-corrected chi connectivity index (χ3v) is 6.12. The lowest BCUT2D eigenvalue weighted by atomic mass is 9.87. The fourth-order valence-electron chi connectivity index (χ4n) is 3.41. The van der Waals surface area contributed by atoms with Crippen molar-refractivity contribution in [2.24, 2.45) is 0 Å². The van der Waals surface area contributed by atoms with Crippen molar-refractivity contribution in [3.05, 3.63) is 66.2 Å². The van der Waals surface area contributed by atoms with Gasteiger partial charge in [0.05, 0.1) is 25.6 Å². The van der Waals surface area contributed by atoms with E-state index in [-0.39, 0.29) is 5.41 Å². The van der Waals surface area contributed by atoms with E-state index < -0.39 is 0 Å². The normalized spacial score (nSPS) is 13.0. The number of rotatable bonds is 3. The first-order valence-corrected chi connectivity index (χ1v) is 10.2. The summed E-state index contributed by atoms with van der Waals surface area (Å²) in [5.74, 6) is 1.72. The maximum atomic E-state index is 5.45. The lowest BCUT2D eigenvalue weighted by Gasteiger charge is -2.33. The minimum absolute atomic E-state index is 0.132. The molecule has 0 aromatic heterocycles. The Morgan fingerprint density at radius 2 is 1.21 bits per heavy atom. The molecule has 0 atom stereocenters. The lowest BCUT2D eigenvalue weighted by molar-refractivity contribution is 0.413. The van der Waals surface area contributed by atoms with Crippen LogP contribution < -0.4 is 14.4 Å². The first-order chi connectivity index (χ1) is 13.4. The molecule has 3 aromatic rings. The van der Waals surface area contributed by atoms with Crippen LogP contribution in [0.25, 0.3) is 0 Å². The second-order valence-electron chi connectivity index (χ2n) is 7.90. The maximum Gasteiger partial charge on any atom is 0.120 e. The Kier molecular flexibility index (Phi) is 4.76. The zero-order chi connectivity index (χ0) is 19.9. The van der Waals surface area contributed by atoms with Gasteiger partial charge in [0.15, 0.2) is 0 Å². The van der Waals surface area contributed by atoms with E-state index >= 15 is 0 Å². The van der Waals surface area contributed by atoms with Crippen molar-refractivity contribution in [3.8, 4) is 11.5 Å². The van der Waals surface area contributed by atoms with Crippen LogP contribution in [0.5, 0.6) is 11.5 Å². The monoisotopic (exact) mass is 391 g/mol. The Hall–Kier alpha value is -2.59. The van der Waals surface area contributed by atoms with Crippen molar-refractivity contribution < 1.29 is 9.47 Å². The Bertz CT molecular complexity index is 953. The van der Waals surface area contributed by atoms with Crippen LogP contribution in [-0.2, 0) is 5.41 Å². The number of fused-ring (bicyclic) bond motifs is 2. The molecule has 0 aliphatic carbocycles. The molecule has 0 unspecified atom stereocenters. The van der Waals surface area contributed by atoms with Gasteiger partial charge in [0.2, 0.25) is 0 Å². The van der Waals surface area contributed by atoms with Crippen LogP contribution in [0.15, 0.2) is 70.5 Å². The number of hydrogen-bond acceptors (Lipinski definition) is 4. The van der Waals surface area contributed by atoms with Crippen molar-refractivity contribution in [1.29, 1.82) is 0 Å². The van der Waals surface area contributed by atoms with E-state index in [2.05, 4.69) is 74.2 Å². The van der Waals surface area contributed by atoms with Gasteiger partial charge < -0.3 is 14.4 Å². The van der Waals surface area contributed by atoms with Crippen LogP contribution in [0.2, 0.25) is 0 Å². The first kappa shape index (κ1) is 18.8. The van der Waals surface area contributed by atoms with Crippen LogP contribution in [-0.4, -0.2) is 14.2 Å². The molecule has 4 heteroatoms. The van der Waals surface area contributed by atoms with Crippen LogP contribution in [0.1, 0.15) is 26.3 Å². The van der Waals surface area contributed by atoms with Crippen LogP contribution in [0.3, 0.4) is 0 Å². The van der Waals surface area contributed by atoms with Crippen molar-refractivity contribution in [3.63, 3.8) is 0 Å². The maximum absolute atomic E-state index is 5.45. The Balaban J connectivity index is 1.86. The zero-order valence-electron chi connectivity index (χ0n) is 16.9. The molecule has 28 heavy (non-hydrogen) atoms. The highest BCUT2D eigenvalue weighted by Gasteiger charge is 2.26. The molecule has 144 valence electrons.